The summed E-state index contributed by atoms with van der Waals surface area (Å²) in [5.74, 6) is -5.49. The largest absolute Gasteiger partial charge is 0.458 e. The van der Waals surface area contributed by atoms with Crippen molar-refractivity contribution in [3.63, 3.8) is 0 Å². The highest BCUT2D eigenvalue weighted by Crippen LogP contribution is 2.30. The lowest BCUT2D eigenvalue weighted by Crippen LogP contribution is -2.41. The minimum absolute atomic E-state index is 0.0892. The van der Waals surface area contributed by atoms with Gasteiger partial charge in [-0.15, -0.1) is 0 Å². The fourth-order valence-electron chi connectivity index (χ4n) is 6.15. The molecule has 2 aliphatic heterocycles. The summed E-state index contributed by atoms with van der Waals surface area (Å²) in [7, 11) is -1.59. The number of benzene rings is 2. The van der Waals surface area contributed by atoms with E-state index in [4.69, 9.17) is 16.4 Å². The van der Waals surface area contributed by atoms with Crippen LogP contribution in [0.15, 0.2) is 72.0 Å². The van der Waals surface area contributed by atoms with Gasteiger partial charge in [-0.05, 0) is 85.7 Å². The summed E-state index contributed by atoms with van der Waals surface area (Å²) in [4.78, 5) is 43.6. The standard InChI is InChI=1S/C32H33ClN8O2S.C4F6O2.C2HF3O/c1-40(20-22-10-12-41(13-11-22)44(42,43)30-5-3-2-4-25(30)16-34)21-26-8-9-27-15-24(26)7-6-23-14-28(18-35-17-23)38-32-36-19-29(33)31(37-27)39-32;5-3(6,7)1(11)2(12)4(8,9)10;3-2(4,5)1-6/h2-5,8-9,14-15,17-19,22H,6-7,10-13,20-21H2,1H3,(H2,36,37,38,39);;1H. The number of alkyl halides is 9. The second kappa shape index (κ2) is 20.4. The lowest BCUT2D eigenvalue weighted by atomic mass is 9.96. The zero-order valence-corrected chi connectivity index (χ0v) is 33.6. The number of halogens is 10. The van der Waals surface area contributed by atoms with Gasteiger partial charge < -0.3 is 15.5 Å². The number of pyridine rings is 1. The third kappa shape index (κ3) is 13.9. The molecule has 0 spiro atoms. The molecule has 2 aliphatic rings. The van der Waals surface area contributed by atoms with E-state index in [0.717, 1.165) is 55.7 Å². The van der Waals surface area contributed by atoms with Crippen LogP contribution in [0.4, 0.5) is 62.7 Å². The van der Waals surface area contributed by atoms with Gasteiger partial charge in [-0.3, -0.25) is 19.4 Å². The third-order valence-corrected chi connectivity index (χ3v) is 11.2. The van der Waals surface area contributed by atoms with Crippen molar-refractivity contribution in [2.24, 2.45) is 5.92 Å². The second-order valence-corrected chi connectivity index (χ2v) is 16.0. The van der Waals surface area contributed by atoms with Crippen molar-refractivity contribution in [1.29, 1.82) is 5.26 Å². The molecule has 0 saturated carbocycles. The molecular formula is C38H34ClF9N8O5S. The molecule has 0 unspecified atom stereocenters. The van der Waals surface area contributed by atoms with E-state index in [0.29, 0.717) is 35.8 Å². The van der Waals surface area contributed by atoms with E-state index in [-0.39, 0.29) is 10.5 Å². The number of rotatable bonds is 7. The molecule has 0 atom stereocenters. The predicted molar refractivity (Wildman–Crippen MR) is 205 cm³/mol. The Balaban J connectivity index is 0.000000394. The molecule has 0 aliphatic carbocycles. The lowest BCUT2D eigenvalue weighted by Gasteiger charge is -2.33. The molecule has 2 N–H and O–H groups in total. The smallest absolute Gasteiger partial charge is 0.339 e. The Bertz CT molecular complexity index is 2380. The number of hydrogen-bond acceptors (Lipinski definition) is 12. The molecule has 4 heterocycles. The Morgan fingerprint density at radius 1 is 0.919 bits per heavy atom. The zero-order valence-electron chi connectivity index (χ0n) is 32.1. The quantitative estimate of drug-likeness (QED) is 0.106. The number of piperidine rings is 1. The van der Waals surface area contributed by atoms with Crippen molar-refractivity contribution in [1.82, 2.24) is 24.2 Å². The van der Waals surface area contributed by atoms with Crippen LogP contribution in [-0.4, -0.2) is 95.6 Å². The number of Topliss-reactive ketones (excluding diaryl/α,β-unsaturated/α-hetero) is 2. The van der Waals surface area contributed by atoms with Crippen molar-refractivity contribution < 1.29 is 62.3 Å². The van der Waals surface area contributed by atoms with E-state index in [1.54, 1.807) is 30.6 Å². The minimum Gasteiger partial charge on any atom is -0.339 e. The number of aryl methyl sites for hydroxylation is 2. The first-order valence-electron chi connectivity index (χ1n) is 18.0. The monoisotopic (exact) mass is 920 g/mol. The fourth-order valence-corrected chi connectivity index (χ4v) is 7.90. The Hall–Kier alpha value is -5.70. The second-order valence-electron chi connectivity index (χ2n) is 13.7. The lowest BCUT2D eigenvalue weighted by molar-refractivity contribution is -0.193. The van der Waals surface area contributed by atoms with Gasteiger partial charge >= 0.3 is 30.1 Å². The summed E-state index contributed by atoms with van der Waals surface area (Å²) >= 11 is 6.42. The van der Waals surface area contributed by atoms with E-state index >= 15 is 0 Å². The van der Waals surface area contributed by atoms with Gasteiger partial charge in [-0.1, -0.05) is 29.8 Å². The predicted octanol–water partition coefficient (Wildman–Crippen LogP) is 7.51. The van der Waals surface area contributed by atoms with Crippen LogP contribution in [0.5, 0.6) is 0 Å². The molecule has 332 valence electrons. The molecule has 24 heteroatoms. The number of nitriles is 1. The number of nitrogens with zero attached hydrogens (tertiary/aromatic N) is 6. The highest BCUT2D eigenvalue weighted by atomic mass is 35.5. The van der Waals surface area contributed by atoms with E-state index < -0.39 is 46.4 Å². The zero-order chi connectivity index (χ0) is 46.0. The van der Waals surface area contributed by atoms with Gasteiger partial charge in [-0.2, -0.15) is 54.1 Å². The summed E-state index contributed by atoms with van der Waals surface area (Å²) in [6.45, 7) is 2.52. The first-order chi connectivity index (χ1) is 28.9. The van der Waals surface area contributed by atoms with Crippen LogP contribution in [0.25, 0.3) is 0 Å². The van der Waals surface area contributed by atoms with Crippen molar-refractivity contribution in [2.45, 2.75) is 55.7 Å². The highest BCUT2D eigenvalue weighted by Gasteiger charge is 2.54. The fraction of sp³-hybridized carbons (Fsp3) is 0.342. The number of fused-ring (bicyclic) bond motifs is 6. The topological polar surface area (TPSA) is 178 Å². The first-order valence-corrected chi connectivity index (χ1v) is 19.8. The highest BCUT2D eigenvalue weighted by molar-refractivity contribution is 7.89. The van der Waals surface area contributed by atoms with Crippen LogP contribution in [0, 0.1) is 17.2 Å². The van der Waals surface area contributed by atoms with Crippen molar-refractivity contribution >= 4 is 62.6 Å². The number of hydrogen-bond donors (Lipinski definition) is 2. The van der Waals surface area contributed by atoms with Crippen molar-refractivity contribution in [3.05, 3.63) is 94.4 Å². The summed E-state index contributed by atoms with van der Waals surface area (Å²) in [5.41, 5.74) is 5.47. The van der Waals surface area contributed by atoms with Gasteiger partial charge in [0.2, 0.25) is 22.3 Å². The molecule has 0 amide bonds. The number of carbonyl (C=O) groups is 3. The van der Waals surface area contributed by atoms with E-state index in [1.165, 1.54) is 21.5 Å². The molecule has 6 bridgehead atoms. The van der Waals surface area contributed by atoms with Crippen LogP contribution in [0.3, 0.4) is 0 Å². The molecule has 2 aromatic carbocycles. The van der Waals surface area contributed by atoms with E-state index in [1.807, 2.05) is 18.3 Å². The maximum absolute atomic E-state index is 13.3. The number of nitrogens with one attached hydrogen (secondary N) is 2. The van der Waals surface area contributed by atoms with Crippen molar-refractivity contribution in [3.8, 4) is 6.07 Å². The first kappa shape index (κ1) is 49.0. The molecule has 1 saturated heterocycles. The SMILES string of the molecule is CN(Cc1ccc2cc1CCc1cncc(c1)Nc1ncc(Cl)c(n1)N2)CC1CCN(S(=O)(=O)c2ccccc2C#N)CC1.O=C(C(=O)C(F)(F)F)C(F)(F)F.O=CC(F)(F)F. The number of aldehydes is 1. The molecule has 2 aromatic heterocycles. The van der Waals surface area contributed by atoms with Crippen LogP contribution in [0.1, 0.15) is 35.1 Å². The molecule has 1 fully saturated rings. The average Bonchev–Trinajstić information content (AvgIpc) is 3.21. The van der Waals surface area contributed by atoms with Gasteiger partial charge in [0, 0.05) is 38.1 Å². The Labute approximate surface area is 353 Å². The van der Waals surface area contributed by atoms with E-state index in [9.17, 15) is 62.8 Å². The summed E-state index contributed by atoms with van der Waals surface area (Å²) < 4.78 is 126. The minimum atomic E-state index is -5.77. The molecule has 4 aromatic rings. The third-order valence-electron chi connectivity index (χ3n) is 9.01. The normalized spacial score (nSPS) is 14.7. The maximum Gasteiger partial charge on any atom is 0.458 e. The summed E-state index contributed by atoms with van der Waals surface area (Å²) in [6.07, 6.45) is -8.83. The Kier molecular flexibility index (Phi) is 16.1. The molecule has 0 radical (unpaired) electrons. The number of ketones is 2. The van der Waals surface area contributed by atoms with Gasteiger partial charge in [0.15, 0.2) is 5.82 Å². The Morgan fingerprint density at radius 3 is 2.15 bits per heavy atom. The van der Waals surface area contributed by atoms with Gasteiger partial charge in [-0.25, -0.2) is 13.4 Å². The summed E-state index contributed by atoms with van der Waals surface area (Å²) in [5, 5.41) is 16.4. The molecule has 13 nitrogen and oxygen atoms in total. The van der Waals surface area contributed by atoms with Crippen molar-refractivity contribution in [2.75, 3.05) is 37.3 Å². The number of sulfonamides is 1. The Morgan fingerprint density at radius 2 is 1.55 bits per heavy atom. The molecule has 6 rings (SSSR count). The average molecular weight is 921 g/mol. The van der Waals surface area contributed by atoms with Crippen LogP contribution >= 0.6 is 11.6 Å². The van der Waals surface area contributed by atoms with E-state index in [2.05, 4.69) is 55.7 Å². The van der Waals surface area contributed by atoms with Crippen LogP contribution in [0.2, 0.25) is 5.02 Å². The molecule has 62 heavy (non-hydrogen) atoms. The number of anilines is 4. The van der Waals surface area contributed by atoms with Crippen LogP contribution in [-0.2, 0) is 43.8 Å². The van der Waals surface area contributed by atoms with Crippen LogP contribution < -0.4 is 10.6 Å². The number of carbonyl (C=O) groups excluding carboxylic acids is 3. The van der Waals surface area contributed by atoms with Gasteiger partial charge in [0.1, 0.15) is 11.1 Å². The van der Waals surface area contributed by atoms with Gasteiger partial charge in [0.05, 0.1) is 28.5 Å². The number of aromatic nitrogens is 3. The summed E-state index contributed by atoms with van der Waals surface area (Å²) in [6, 6.07) is 16.8. The molecular weight excluding hydrogens is 887 g/mol. The van der Waals surface area contributed by atoms with Gasteiger partial charge in [0.25, 0.3) is 0 Å². The maximum atomic E-state index is 13.3.